The summed E-state index contributed by atoms with van der Waals surface area (Å²) in [6, 6.07) is 16.3. The number of sulfone groups is 1. The van der Waals surface area contributed by atoms with Gasteiger partial charge in [-0.2, -0.15) is 4.98 Å². The van der Waals surface area contributed by atoms with Crippen molar-refractivity contribution >= 4 is 9.84 Å². The Morgan fingerprint density at radius 3 is 2.62 bits per heavy atom. The smallest absolute Gasteiger partial charge is 0.293 e. The summed E-state index contributed by atoms with van der Waals surface area (Å²) < 4.78 is 49.2. The Balaban J connectivity index is 1.51. The Bertz CT molecular complexity index is 1260. The first-order valence-electron chi connectivity index (χ1n) is 8.83. The third-order valence-corrected chi connectivity index (χ3v) is 5.86. The molecule has 0 fully saturated rings. The first kappa shape index (κ1) is 19.1. The normalized spacial score (nSPS) is 11.7. The van der Waals surface area contributed by atoms with Crippen LogP contribution < -0.4 is 0 Å². The molecule has 0 saturated heterocycles. The highest BCUT2D eigenvalue weighted by Crippen LogP contribution is 2.25. The molecule has 0 bridgehead atoms. The number of aromatic nitrogens is 2. The fraction of sp³-hybridized carbons (Fsp3) is 0.143. The first-order chi connectivity index (χ1) is 13.9. The van der Waals surface area contributed by atoms with Crippen LogP contribution in [0.4, 0.5) is 4.39 Å². The summed E-state index contributed by atoms with van der Waals surface area (Å²) in [4.78, 5) is 4.19. The van der Waals surface area contributed by atoms with Gasteiger partial charge in [-0.15, -0.1) is 0 Å². The molecule has 2 aromatic carbocycles. The monoisotopic (exact) mass is 412 g/mol. The molecule has 8 heteroatoms. The van der Waals surface area contributed by atoms with Gasteiger partial charge in [0, 0.05) is 5.56 Å². The zero-order valence-corrected chi connectivity index (χ0v) is 16.3. The third kappa shape index (κ3) is 4.43. The van der Waals surface area contributed by atoms with Gasteiger partial charge in [-0.25, -0.2) is 12.8 Å². The van der Waals surface area contributed by atoms with Gasteiger partial charge >= 0.3 is 0 Å². The van der Waals surface area contributed by atoms with Gasteiger partial charge in [0.05, 0.1) is 5.75 Å². The van der Waals surface area contributed by atoms with Crippen molar-refractivity contribution in [1.82, 2.24) is 10.1 Å². The van der Waals surface area contributed by atoms with Crippen molar-refractivity contribution in [3.8, 4) is 23.0 Å². The molecule has 4 rings (SSSR count). The average molecular weight is 412 g/mol. The van der Waals surface area contributed by atoms with E-state index < -0.39 is 15.7 Å². The number of nitrogens with zero attached hydrogens (tertiary/aromatic N) is 2. The molecule has 29 heavy (non-hydrogen) atoms. The Labute approximate surface area is 166 Å². The largest absolute Gasteiger partial charge is 0.455 e. The van der Waals surface area contributed by atoms with Gasteiger partial charge in [-0.3, -0.25) is 0 Å². The predicted molar refractivity (Wildman–Crippen MR) is 105 cm³/mol. The molecule has 2 heterocycles. The molecule has 0 unspecified atom stereocenters. The Hall–Kier alpha value is -3.26. The second kappa shape index (κ2) is 7.63. The highest BCUT2D eigenvalue weighted by atomic mass is 32.2. The van der Waals surface area contributed by atoms with E-state index >= 15 is 0 Å². The number of aryl methyl sites for hydroxylation is 1. The lowest BCUT2D eigenvalue weighted by Crippen LogP contribution is -2.08. The average Bonchev–Trinajstić information content (AvgIpc) is 3.32. The summed E-state index contributed by atoms with van der Waals surface area (Å²) in [5.41, 5.74) is 2.15. The van der Waals surface area contributed by atoms with Crippen LogP contribution >= 0.6 is 0 Å². The second-order valence-electron chi connectivity index (χ2n) is 6.66. The number of benzene rings is 2. The van der Waals surface area contributed by atoms with Crippen molar-refractivity contribution in [3.63, 3.8) is 0 Å². The molecule has 0 aliphatic carbocycles. The van der Waals surface area contributed by atoms with Crippen LogP contribution in [0.5, 0.6) is 0 Å². The van der Waals surface area contributed by atoms with E-state index in [0.29, 0.717) is 5.56 Å². The van der Waals surface area contributed by atoms with Crippen LogP contribution in [0, 0.1) is 12.7 Å². The van der Waals surface area contributed by atoms with Gasteiger partial charge in [0.25, 0.3) is 5.89 Å². The highest BCUT2D eigenvalue weighted by Gasteiger charge is 2.19. The number of hydrogen-bond acceptors (Lipinski definition) is 6. The van der Waals surface area contributed by atoms with Crippen molar-refractivity contribution < 1.29 is 21.7 Å². The van der Waals surface area contributed by atoms with Crippen molar-refractivity contribution in [2.75, 3.05) is 0 Å². The van der Waals surface area contributed by atoms with E-state index in [1.54, 1.807) is 30.3 Å². The molecule has 0 saturated carbocycles. The van der Waals surface area contributed by atoms with Crippen LogP contribution in [-0.2, 0) is 21.3 Å². The molecule has 0 spiro atoms. The Kier molecular flexibility index (Phi) is 5.02. The van der Waals surface area contributed by atoms with Crippen LogP contribution in [0.2, 0.25) is 0 Å². The minimum atomic E-state index is -3.42. The standard InChI is InChI=1S/C21H17FN2O4S/c1-14-5-2-3-6-16(14)12-29(25,26)13-18-9-10-19(27-18)21-23-20(24-28-21)15-7-4-8-17(22)11-15/h2-11H,12-13H2,1H3. The molecule has 0 N–H and O–H groups in total. The van der Waals surface area contributed by atoms with E-state index in [4.69, 9.17) is 8.94 Å². The highest BCUT2D eigenvalue weighted by molar-refractivity contribution is 7.89. The van der Waals surface area contributed by atoms with E-state index in [1.807, 2.05) is 25.1 Å². The minimum Gasteiger partial charge on any atom is -0.455 e. The van der Waals surface area contributed by atoms with Gasteiger partial charge in [-0.05, 0) is 42.3 Å². The van der Waals surface area contributed by atoms with E-state index in [1.165, 1.54) is 12.1 Å². The van der Waals surface area contributed by atoms with Crippen LogP contribution in [0.3, 0.4) is 0 Å². The number of rotatable bonds is 6. The molecule has 4 aromatic rings. The van der Waals surface area contributed by atoms with Gasteiger partial charge < -0.3 is 8.94 Å². The summed E-state index contributed by atoms with van der Waals surface area (Å²) in [6.45, 7) is 1.88. The quantitative estimate of drug-likeness (QED) is 0.461. The maximum Gasteiger partial charge on any atom is 0.293 e. The first-order valence-corrected chi connectivity index (χ1v) is 10.7. The lowest BCUT2D eigenvalue weighted by Gasteiger charge is -2.06. The lowest BCUT2D eigenvalue weighted by atomic mass is 10.1. The Morgan fingerprint density at radius 2 is 1.83 bits per heavy atom. The number of furan rings is 1. The third-order valence-electron chi connectivity index (χ3n) is 4.38. The molecular formula is C21H17FN2O4S. The van der Waals surface area contributed by atoms with Crippen LogP contribution in [0.1, 0.15) is 16.9 Å². The summed E-state index contributed by atoms with van der Waals surface area (Å²) in [7, 11) is -3.42. The molecule has 0 aliphatic rings. The predicted octanol–water partition coefficient (Wildman–Crippen LogP) is 4.56. The number of halogens is 1. The molecule has 2 aromatic heterocycles. The summed E-state index contributed by atoms with van der Waals surface area (Å²) in [5.74, 6) is 0.108. The topological polar surface area (TPSA) is 86.2 Å². The maximum atomic E-state index is 13.4. The minimum absolute atomic E-state index is 0.0695. The molecule has 0 atom stereocenters. The molecular weight excluding hydrogens is 395 g/mol. The van der Waals surface area contributed by atoms with Gasteiger partial charge in [-0.1, -0.05) is 41.6 Å². The zero-order chi connectivity index (χ0) is 20.4. The molecule has 6 nitrogen and oxygen atoms in total. The zero-order valence-electron chi connectivity index (χ0n) is 15.5. The Morgan fingerprint density at radius 1 is 1.00 bits per heavy atom. The summed E-state index contributed by atoms with van der Waals surface area (Å²) in [5, 5.41) is 3.82. The van der Waals surface area contributed by atoms with Crippen LogP contribution in [0.15, 0.2) is 69.6 Å². The van der Waals surface area contributed by atoms with Crippen LogP contribution in [-0.4, -0.2) is 18.6 Å². The SMILES string of the molecule is Cc1ccccc1CS(=O)(=O)Cc1ccc(-c2nc(-c3cccc(F)c3)no2)o1. The van der Waals surface area contributed by atoms with Crippen molar-refractivity contribution in [2.45, 2.75) is 18.4 Å². The molecule has 148 valence electrons. The maximum absolute atomic E-state index is 13.4. The summed E-state index contributed by atoms with van der Waals surface area (Å²) >= 11 is 0. The van der Waals surface area contributed by atoms with E-state index in [2.05, 4.69) is 10.1 Å². The van der Waals surface area contributed by atoms with E-state index in [9.17, 15) is 12.8 Å². The van der Waals surface area contributed by atoms with Crippen molar-refractivity contribution in [2.24, 2.45) is 0 Å². The molecule has 0 aliphatic heterocycles. The van der Waals surface area contributed by atoms with Gasteiger partial charge in [0.2, 0.25) is 5.82 Å². The second-order valence-corrected chi connectivity index (χ2v) is 8.72. The number of hydrogen-bond donors (Lipinski definition) is 0. The molecule has 0 amide bonds. The van der Waals surface area contributed by atoms with E-state index in [-0.39, 0.29) is 34.7 Å². The van der Waals surface area contributed by atoms with E-state index in [0.717, 1.165) is 11.1 Å². The van der Waals surface area contributed by atoms with Crippen LogP contribution in [0.25, 0.3) is 23.0 Å². The fourth-order valence-electron chi connectivity index (χ4n) is 2.92. The van der Waals surface area contributed by atoms with Gasteiger partial charge in [0.1, 0.15) is 17.3 Å². The van der Waals surface area contributed by atoms with Crippen molar-refractivity contribution in [3.05, 3.63) is 83.4 Å². The molecule has 0 radical (unpaired) electrons. The lowest BCUT2D eigenvalue weighted by molar-refractivity contribution is 0.413. The fourth-order valence-corrected chi connectivity index (χ4v) is 4.40. The van der Waals surface area contributed by atoms with Crippen molar-refractivity contribution in [1.29, 1.82) is 0 Å². The summed E-state index contributed by atoms with van der Waals surface area (Å²) in [6.07, 6.45) is 0. The van der Waals surface area contributed by atoms with Gasteiger partial charge in [0.15, 0.2) is 15.6 Å².